The Labute approximate surface area is 169 Å². The second-order valence-electron chi connectivity index (χ2n) is 7.15. The number of benzene rings is 1. The molecule has 1 amide bonds. The van der Waals surface area contributed by atoms with E-state index in [9.17, 15) is 4.79 Å². The van der Waals surface area contributed by atoms with Gasteiger partial charge in [0.15, 0.2) is 0 Å². The number of rotatable bonds is 5. The number of hydrogen-bond donors (Lipinski definition) is 2. The first-order valence-electron chi connectivity index (χ1n) is 9.09. The Hall–Kier alpha value is -0.850. The third-order valence-electron chi connectivity index (χ3n) is 4.77. The highest BCUT2D eigenvalue weighted by Gasteiger charge is 2.23. The van der Waals surface area contributed by atoms with Crippen LogP contribution in [-0.4, -0.2) is 48.7 Å². The van der Waals surface area contributed by atoms with Crippen molar-refractivity contribution in [3.8, 4) is 0 Å². The molecule has 0 saturated carbocycles. The minimum Gasteiger partial charge on any atom is -0.373 e. The van der Waals surface area contributed by atoms with Gasteiger partial charge in [-0.05, 0) is 44.9 Å². The molecule has 2 saturated heterocycles. The molecule has 2 aliphatic rings. The van der Waals surface area contributed by atoms with Crippen LogP contribution < -0.4 is 10.6 Å². The van der Waals surface area contributed by atoms with Crippen molar-refractivity contribution in [3.05, 3.63) is 29.8 Å². The summed E-state index contributed by atoms with van der Waals surface area (Å²) in [6, 6.07) is 8.46. The SMILES string of the molecule is CC1CN(Cc2ccccc2NC(=O)CC2CCCN2)CC(C)O1.Cl.Cl. The summed E-state index contributed by atoms with van der Waals surface area (Å²) in [5.41, 5.74) is 2.11. The molecule has 5 nitrogen and oxygen atoms in total. The molecule has 2 heterocycles. The van der Waals surface area contributed by atoms with E-state index < -0.39 is 0 Å². The van der Waals surface area contributed by atoms with Gasteiger partial charge in [-0.1, -0.05) is 18.2 Å². The first kappa shape index (κ1) is 23.2. The van der Waals surface area contributed by atoms with E-state index in [-0.39, 0.29) is 42.9 Å². The smallest absolute Gasteiger partial charge is 0.225 e. The summed E-state index contributed by atoms with van der Waals surface area (Å²) in [5.74, 6) is 0.102. The molecule has 0 aliphatic carbocycles. The zero-order chi connectivity index (χ0) is 16.9. The van der Waals surface area contributed by atoms with Crippen LogP contribution in [0, 0.1) is 0 Å². The zero-order valence-electron chi connectivity index (χ0n) is 15.6. The number of morpholine rings is 1. The quantitative estimate of drug-likeness (QED) is 0.792. The molecule has 0 spiro atoms. The van der Waals surface area contributed by atoms with Crippen molar-refractivity contribution in [2.24, 2.45) is 0 Å². The van der Waals surface area contributed by atoms with Crippen molar-refractivity contribution in [1.82, 2.24) is 10.2 Å². The van der Waals surface area contributed by atoms with Crippen molar-refractivity contribution < 1.29 is 9.53 Å². The fraction of sp³-hybridized carbons (Fsp3) is 0.632. The van der Waals surface area contributed by atoms with Crippen LogP contribution in [-0.2, 0) is 16.1 Å². The van der Waals surface area contributed by atoms with Gasteiger partial charge in [0.05, 0.1) is 12.2 Å². The van der Waals surface area contributed by atoms with Crippen molar-refractivity contribution in [3.63, 3.8) is 0 Å². The lowest BCUT2D eigenvalue weighted by Gasteiger charge is -2.35. The van der Waals surface area contributed by atoms with E-state index in [0.717, 1.165) is 38.3 Å². The predicted molar refractivity (Wildman–Crippen MR) is 110 cm³/mol. The highest BCUT2D eigenvalue weighted by Crippen LogP contribution is 2.21. The second kappa shape index (κ2) is 11.1. The number of nitrogens with one attached hydrogen (secondary N) is 2. The standard InChI is InChI=1S/C19H29N3O2.2ClH/c1-14-11-22(12-15(2)24-14)13-16-6-3-4-8-18(16)21-19(23)10-17-7-5-9-20-17;;/h3-4,6,8,14-15,17,20H,5,7,9-13H2,1-2H3,(H,21,23);2*1H. The maximum atomic E-state index is 12.3. The fourth-order valence-electron chi connectivity index (χ4n) is 3.79. The Bertz CT molecular complexity index is 557. The molecule has 1 aromatic carbocycles. The number of ether oxygens (including phenoxy) is 1. The lowest BCUT2D eigenvalue weighted by atomic mass is 10.1. The molecule has 0 aromatic heterocycles. The van der Waals surface area contributed by atoms with Gasteiger partial charge >= 0.3 is 0 Å². The molecule has 2 N–H and O–H groups in total. The molecule has 26 heavy (non-hydrogen) atoms. The number of amides is 1. The number of hydrogen-bond acceptors (Lipinski definition) is 4. The summed E-state index contributed by atoms with van der Waals surface area (Å²) in [6.45, 7) is 7.96. The van der Waals surface area contributed by atoms with Crippen LogP contribution in [0.5, 0.6) is 0 Å². The fourth-order valence-corrected chi connectivity index (χ4v) is 3.79. The molecule has 148 valence electrons. The maximum absolute atomic E-state index is 12.3. The van der Waals surface area contributed by atoms with Gasteiger partial charge in [0, 0.05) is 37.8 Å². The van der Waals surface area contributed by atoms with E-state index in [1.165, 1.54) is 12.0 Å². The maximum Gasteiger partial charge on any atom is 0.225 e. The summed E-state index contributed by atoms with van der Waals surface area (Å²) in [6.07, 6.45) is 3.33. The molecule has 0 bridgehead atoms. The van der Waals surface area contributed by atoms with Crippen LogP contribution in [0.3, 0.4) is 0 Å². The van der Waals surface area contributed by atoms with Crippen LogP contribution in [0.15, 0.2) is 24.3 Å². The molecule has 3 atom stereocenters. The zero-order valence-corrected chi connectivity index (χ0v) is 17.2. The number of halogens is 2. The van der Waals surface area contributed by atoms with E-state index in [0.29, 0.717) is 12.5 Å². The third kappa shape index (κ3) is 6.71. The summed E-state index contributed by atoms with van der Waals surface area (Å²) in [4.78, 5) is 14.7. The van der Waals surface area contributed by atoms with Gasteiger partial charge in [-0.15, -0.1) is 24.8 Å². The van der Waals surface area contributed by atoms with Crippen LogP contribution >= 0.6 is 24.8 Å². The summed E-state index contributed by atoms with van der Waals surface area (Å²) >= 11 is 0. The lowest BCUT2D eigenvalue weighted by molar-refractivity contribution is -0.116. The second-order valence-corrected chi connectivity index (χ2v) is 7.15. The summed E-state index contributed by atoms with van der Waals surface area (Å²) in [7, 11) is 0. The average Bonchev–Trinajstić information content (AvgIpc) is 3.01. The van der Waals surface area contributed by atoms with Crippen LogP contribution in [0.25, 0.3) is 0 Å². The molecule has 1 aromatic rings. The van der Waals surface area contributed by atoms with Gasteiger partial charge in [-0.25, -0.2) is 0 Å². The number of para-hydroxylation sites is 1. The summed E-state index contributed by atoms with van der Waals surface area (Å²) < 4.78 is 5.80. The monoisotopic (exact) mass is 403 g/mol. The average molecular weight is 404 g/mol. The topological polar surface area (TPSA) is 53.6 Å². The van der Waals surface area contributed by atoms with Gasteiger partial charge in [0.25, 0.3) is 0 Å². The Morgan fingerprint density at radius 2 is 1.92 bits per heavy atom. The minimum atomic E-state index is 0. The van der Waals surface area contributed by atoms with Crippen molar-refractivity contribution in [1.29, 1.82) is 0 Å². The third-order valence-corrected chi connectivity index (χ3v) is 4.77. The summed E-state index contributed by atoms with van der Waals surface area (Å²) in [5, 5.41) is 6.49. The van der Waals surface area contributed by atoms with Gasteiger partial charge < -0.3 is 15.4 Å². The van der Waals surface area contributed by atoms with E-state index in [2.05, 4.69) is 35.4 Å². The van der Waals surface area contributed by atoms with E-state index in [4.69, 9.17) is 4.74 Å². The normalized spacial score (nSPS) is 25.8. The molecule has 2 fully saturated rings. The van der Waals surface area contributed by atoms with Crippen molar-refractivity contribution >= 4 is 36.4 Å². The Morgan fingerprint density at radius 3 is 2.58 bits per heavy atom. The molecule has 0 radical (unpaired) electrons. The van der Waals surface area contributed by atoms with Gasteiger partial charge in [0.1, 0.15) is 0 Å². The molecule has 2 aliphatic heterocycles. The Balaban J connectivity index is 0.00000169. The van der Waals surface area contributed by atoms with Crippen molar-refractivity contribution in [2.75, 3.05) is 25.0 Å². The molecule has 7 heteroatoms. The number of anilines is 1. The first-order valence-corrected chi connectivity index (χ1v) is 9.09. The van der Waals surface area contributed by atoms with Crippen LogP contribution in [0.1, 0.15) is 38.7 Å². The van der Waals surface area contributed by atoms with Gasteiger partial charge in [0.2, 0.25) is 5.91 Å². The molecular formula is C19H31Cl2N3O2. The molecule has 3 rings (SSSR count). The molecule has 3 unspecified atom stereocenters. The van der Waals surface area contributed by atoms with E-state index in [1.807, 2.05) is 18.2 Å². The Morgan fingerprint density at radius 1 is 1.23 bits per heavy atom. The van der Waals surface area contributed by atoms with E-state index in [1.54, 1.807) is 0 Å². The first-order chi connectivity index (χ1) is 11.6. The number of carbonyl (C=O) groups excluding carboxylic acids is 1. The highest BCUT2D eigenvalue weighted by atomic mass is 35.5. The van der Waals surface area contributed by atoms with Crippen LogP contribution in [0.4, 0.5) is 5.69 Å². The lowest BCUT2D eigenvalue weighted by Crippen LogP contribution is -2.44. The molecular weight excluding hydrogens is 373 g/mol. The largest absolute Gasteiger partial charge is 0.373 e. The van der Waals surface area contributed by atoms with E-state index >= 15 is 0 Å². The van der Waals surface area contributed by atoms with Gasteiger partial charge in [-0.2, -0.15) is 0 Å². The minimum absolute atomic E-state index is 0. The Kier molecular flexibility index (Phi) is 9.90. The number of nitrogens with zero attached hydrogens (tertiary/aromatic N) is 1. The highest BCUT2D eigenvalue weighted by molar-refractivity contribution is 5.91. The van der Waals surface area contributed by atoms with Crippen LogP contribution in [0.2, 0.25) is 0 Å². The number of carbonyl (C=O) groups is 1. The predicted octanol–water partition coefficient (Wildman–Crippen LogP) is 3.22. The van der Waals surface area contributed by atoms with Crippen molar-refractivity contribution in [2.45, 2.75) is 57.9 Å². The van der Waals surface area contributed by atoms with Gasteiger partial charge in [-0.3, -0.25) is 9.69 Å².